The summed E-state index contributed by atoms with van der Waals surface area (Å²) in [4.78, 5) is 25.7. The molecule has 0 radical (unpaired) electrons. The van der Waals surface area contributed by atoms with E-state index in [4.69, 9.17) is 0 Å². The van der Waals surface area contributed by atoms with E-state index in [1.54, 1.807) is 0 Å². The zero-order chi connectivity index (χ0) is 20.7. The Balaban J connectivity index is 1.95. The van der Waals surface area contributed by atoms with Crippen molar-refractivity contribution in [3.8, 4) is 0 Å². The third-order valence-electron chi connectivity index (χ3n) is 3.71. The number of benzene rings is 2. The number of rotatable bonds is 8. The number of nitrogens with one attached hydrogen (secondary N) is 2. The van der Waals surface area contributed by atoms with Gasteiger partial charge in [0.25, 0.3) is 0 Å². The van der Waals surface area contributed by atoms with Gasteiger partial charge < -0.3 is 10.6 Å². The lowest BCUT2D eigenvalue weighted by atomic mass is 10.2. The smallest absolute Gasteiger partial charge is 0.238 e. The summed E-state index contributed by atoms with van der Waals surface area (Å²) in [6.07, 6.45) is 0.636. The van der Waals surface area contributed by atoms with Crippen LogP contribution >= 0.6 is 0 Å². The third-order valence-corrected chi connectivity index (χ3v) is 3.71. The first kappa shape index (κ1) is 21.4. The summed E-state index contributed by atoms with van der Waals surface area (Å²) in [6, 6.07) is 6.81. The second-order valence-corrected chi connectivity index (χ2v) is 6.04. The van der Waals surface area contributed by atoms with Crippen molar-refractivity contribution in [1.82, 2.24) is 4.90 Å². The van der Waals surface area contributed by atoms with Gasteiger partial charge in [0, 0.05) is 5.69 Å². The fourth-order valence-electron chi connectivity index (χ4n) is 2.48. The Labute approximate surface area is 159 Å². The monoisotopic (exact) mass is 397 g/mol. The van der Waals surface area contributed by atoms with E-state index in [2.05, 4.69) is 10.6 Å². The van der Waals surface area contributed by atoms with Crippen LogP contribution in [0.4, 0.5) is 28.9 Å². The van der Waals surface area contributed by atoms with Crippen LogP contribution in [0.1, 0.15) is 13.3 Å². The van der Waals surface area contributed by atoms with Gasteiger partial charge in [-0.25, -0.2) is 17.6 Å². The molecular weight excluding hydrogens is 378 g/mol. The van der Waals surface area contributed by atoms with E-state index >= 15 is 0 Å². The highest BCUT2D eigenvalue weighted by Gasteiger charge is 2.18. The molecule has 0 heterocycles. The summed E-state index contributed by atoms with van der Waals surface area (Å²) in [6.45, 7) is 1.84. The van der Waals surface area contributed by atoms with Gasteiger partial charge in [0.15, 0.2) is 17.5 Å². The topological polar surface area (TPSA) is 61.4 Å². The number of hydrogen-bond donors (Lipinski definition) is 2. The average Bonchev–Trinajstić information content (AvgIpc) is 2.64. The molecule has 2 amide bonds. The number of anilines is 2. The molecule has 2 aromatic rings. The first-order valence-corrected chi connectivity index (χ1v) is 8.51. The van der Waals surface area contributed by atoms with Crippen LogP contribution in [0.25, 0.3) is 0 Å². The quantitative estimate of drug-likeness (QED) is 0.529. The normalized spacial score (nSPS) is 10.8. The highest BCUT2D eigenvalue weighted by atomic mass is 19.2. The summed E-state index contributed by atoms with van der Waals surface area (Å²) in [5.74, 6) is -6.08. The Hall–Kier alpha value is -2.94. The molecule has 150 valence electrons. The van der Waals surface area contributed by atoms with Gasteiger partial charge >= 0.3 is 0 Å². The molecule has 0 aromatic heterocycles. The lowest BCUT2D eigenvalue weighted by molar-refractivity contribution is -0.120. The number of hydrogen-bond acceptors (Lipinski definition) is 3. The molecule has 0 bridgehead atoms. The number of carbonyl (C=O) groups excluding carboxylic acids is 2. The molecule has 2 N–H and O–H groups in total. The molecule has 0 atom stereocenters. The largest absolute Gasteiger partial charge is 0.325 e. The van der Waals surface area contributed by atoms with Crippen molar-refractivity contribution < 1.29 is 27.2 Å². The summed E-state index contributed by atoms with van der Waals surface area (Å²) < 4.78 is 52.7. The Morgan fingerprint density at radius 3 is 2.07 bits per heavy atom. The summed E-state index contributed by atoms with van der Waals surface area (Å²) in [5, 5.41) is 4.73. The molecule has 5 nitrogen and oxygen atoms in total. The third kappa shape index (κ3) is 6.05. The predicted molar refractivity (Wildman–Crippen MR) is 96.7 cm³/mol. The number of carbonyl (C=O) groups is 2. The van der Waals surface area contributed by atoms with Crippen LogP contribution in [0.2, 0.25) is 0 Å². The second kappa shape index (κ2) is 9.84. The molecule has 28 heavy (non-hydrogen) atoms. The molecule has 0 aliphatic carbocycles. The SMILES string of the molecule is CCCN(CC(=O)Nc1ccc(F)cc1)CC(=O)Nc1ccc(F)c(F)c1F. The van der Waals surface area contributed by atoms with Crippen molar-refractivity contribution in [1.29, 1.82) is 0 Å². The molecule has 0 spiro atoms. The maximum atomic E-state index is 13.7. The van der Waals surface area contributed by atoms with E-state index < -0.39 is 40.8 Å². The number of halogens is 4. The van der Waals surface area contributed by atoms with Gasteiger partial charge in [-0.15, -0.1) is 0 Å². The van der Waals surface area contributed by atoms with Crippen LogP contribution in [0.5, 0.6) is 0 Å². The molecule has 0 saturated carbocycles. The van der Waals surface area contributed by atoms with Crippen molar-refractivity contribution in [2.75, 3.05) is 30.3 Å². The summed E-state index contributed by atoms with van der Waals surface area (Å²) in [5.41, 5.74) is -0.0905. The van der Waals surface area contributed by atoms with Gasteiger partial charge in [-0.05, 0) is 49.4 Å². The van der Waals surface area contributed by atoms with Crippen molar-refractivity contribution in [3.05, 3.63) is 59.7 Å². The van der Waals surface area contributed by atoms with Gasteiger partial charge in [0.2, 0.25) is 11.8 Å². The minimum Gasteiger partial charge on any atom is -0.325 e. The summed E-state index contributed by atoms with van der Waals surface area (Å²) >= 11 is 0. The Kier molecular flexibility index (Phi) is 7.51. The van der Waals surface area contributed by atoms with Crippen LogP contribution in [0, 0.1) is 23.3 Å². The van der Waals surface area contributed by atoms with Crippen molar-refractivity contribution >= 4 is 23.2 Å². The first-order chi connectivity index (χ1) is 13.3. The Bertz CT molecular complexity index is 844. The van der Waals surface area contributed by atoms with Gasteiger partial charge in [0.05, 0.1) is 18.8 Å². The second-order valence-electron chi connectivity index (χ2n) is 6.04. The van der Waals surface area contributed by atoms with Crippen LogP contribution in [-0.2, 0) is 9.59 Å². The molecular formula is C19H19F4N3O2. The zero-order valence-corrected chi connectivity index (χ0v) is 15.1. The molecule has 0 unspecified atom stereocenters. The maximum Gasteiger partial charge on any atom is 0.238 e. The molecule has 0 aliphatic rings. The highest BCUT2D eigenvalue weighted by molar-refractivity contribution is 5.94. The Morgan fingerprint density at radius 2 is 1.46 bits per heavy atom. The van der Waals surface area contributed by atoms with E-state index in [0.29, 0.717) is 24.7 Å². The molecule has 9 heteroatoms. The maximum absolute atomic E-state index is 13.7. The number of amides is 2. The summed E-state index contributed by atoms with van der Waals surface area (Å²) in [7, 11) is 0. The van der Waals surface area contributed by atoms with Gasteiger partial charge in [-0.2, -0.15) is 0 Å². The van der Waals surface area contributed by atoms with Gasteiger partial charge in [-0.3, -0.25) is 14.5 Å². The van der Waals surface area contributed by atoms with E-state index in [0.717, 1.165) is 6.07 Å². The highest BCUT2D eigenvalue weighted by Crippen LogP contribution is 2.19. The van der Waals surface area contributed by atoms with E-state index in [1.807, 2.05) is 6.92 Å². The standard InChI is InChI=1S/C19H19F4N3O2/c1-2-9-26(10-16(27)24-13-5-3-12(20)4-6-13)11-17(28)25-15-8-7-14(21)18(22)19(15)23/h3-8H,2,9-11H2,1H3,(H,24,27)(H,25,28). The van der Waals surface area contributed by atoms with Crippen LogP contribution in [0.3, 0.4) is 0 Å². The molecule has 2 aromatic carbocycles. The minimum absolute atomic E-state index is 0.140. The van der Waals surface area contributed by atoms with Crippen molar-refractivity contribution in [2.24, 2.45) is 0 Å². The van der Waals surface area contributed by atoms with Crippen molar-refractivity contribution in [3.63, 3.8) is 0 Å². The van der Waals surface area contributed by atoms with Crippen LogP contribution < -0.4 is 10.6 Å². The lowest BCUT2D eigenvalue weighted by Crippen LogP contribution is -2.39. The predicted octanol–water partition coefficient (Wildman–Crippen LogP) is 3.53. The molecule has 2 rings (SSSR count). The fraction of sp³-hybridized carbons (Fsp3) is 0.263. The molecule has 0 saturated heterocycles. The van der Waals surface area contributed by atoms with Crippen LogP contribution in [-0.4, -0.2) is 36.3 Å². The van der Waals surface area contributed by atoms with Gasteiger partial charge in [-0.1, -0.05) is 6.92 Å². The molecule has 0 aliphatic heterocycles. The van der Waals surface area contributed by atoms with Crippen molar-refractivity contribution in [2.45, 2.75) is 13.3 Å². The Morgan fingerprint density at radius 1 is 0.857 bits per heavy atom. The fourth-order valence-corrected chi connectivity index (χ4v) is 2.48. The minimum atomic E-state index is -1.68. The van der Waals surface area contributed by atoms with E-state index in [1.165, 1.54) is 29.2 Å². The number of nitrogens with zero attached hydrogens (tertiary/aromatic N) is 1. The average molecular weight is 397 g/mol. The lowest BCUT2D eigenvalue weighted by Gasteiger charge is -2.20. The van der Waals surface area contributed by atoms with Crippen LogP contribution in [0.15, 0.2) is 36.4 Å². The van der Waals surface area contributed by atoms with Gasteiger partial charge in [0.1, 0.15) is 5.82 Å². The first-order valence-electron chi connectivity index (χ1n) is 8.51. The zero-order valence-electron chi connectivity index (χ0n) is 15.1. The van der Waals surface area contributed by atoms with E-state index in [9.17, 15) is 27.2 Å². The molecule has 0 fully saturated rings. The van der Waals surface area contributed by atoms with E-state index in [-0.39, 0.29) is 13.1 Å².